The lowest BCUT2D eigenvalue weighted by atomic mass is 9.63. The van der Waals surface area contributed by atoms with E-state index in [0.29, 0.717) is 12.0 Å². The summed E-state index contributed by atoms with van der Waals surface area (Å²) in [6.07, 6.45) is 10.9. The monoisotopic (exact) mass is 408 g/mol. The smallest absolute Gasteiger partial charge is 0.152 e. The van der Waals surface area contributed by atoms with Crippen LogP contribution in [0.5, 0.6) is 0 Å². The molecule has 4 atom stereocenters. The third-order valence-electron chi connectivity index (χ3n) is 7.19. The maximum absolute atomic E-state index is 14.8. The predicted octanol–water partition coefficient (Wildman–Crippen LogP) is 8.40. The summed E-state index contributed by atoms with van der Waals surface area (Å²) >= 11 is 6.34. The van der Waals surface area contributed by atoms with Gasteiger partial charge in [0, 0.05) is 6.07 Å². The number of benzene rings is 2. The van der Waals surface area contributed by atoms with Gasteiger partial charge in [0.05, 0.1) is 10.4 Å². The Kier molecular flexibility index (Phi) is 5.92. The van der Waals surface area contributed by atoms with Crippen LogP contribution in [0, 0.1) is 35.2 Å². The third-order valence-corrected chi connectivity index (χ3v) is 7.57. The van der Waals surface area contributed by atoms with Gasteiger partial charge < -0.3 is 0 Å². The molecular weight excluding hydrogens is 381 g/mol. The molecule has 2 aromatic carbocycles. The predicted molar refractivity (Wildman–Crippen MR) is 109 cm³/mol. The van der Waals surface area contributed by atoms with Gasteiger partial charge in [-0.05, 0) is 78.9 Å². The van der Waals surface area contributed by atoms with Gasteiger partial charge in [-0.15, -0.1) is 0 Å². The summed E-state index contributed by atoms with van der Waals surface area (Å²) in [6.45, 7) is 2.25. The van der Waals surface area contributed by atoms with Crippen molar-refractivity contribution in [2.24, 2.45) is 17.8 Å². The molecule has 2 unspecified atom stereocenters. The van der Waals surface area contributed by atoms with E-state index >= 15 is 0 Å². The average molecular weight is 409 g/mol. The SMILES string of the molecule is CCCC[C@@H]1CC[C@@H]2CC(c3cc4cc(F)cc(F)c4c(F)c3Cl)CCC2C1. The van der Waals surface area contributed by atoms with Gasteiger partial charge in [0.15, 0.2) is 5.82 Å². The minimum atomic E-state index is -0.893. The van der Waals surface area contributed by atoms with Gasteiger partial charge in [-0.25, -0.2) is 13.2 Å². The fraction of sp³-hybridized carbons (Fsp3) is 0.583. The van der Waals surface area contributed by atoms with Crippen LogP contribution < -0.4 is 0 Å². The van der Waals surface area contributed by atoms with Crippen LogP contribution in [-0.2, 0) is 0 Å². The van der Waals surface area contributed by atoms with Crippen molar-refractivity contribution in [2.45, 2.75) is 70.6 Å². The molecule has 0 saturated heterocycles. The fourth-order valence-corrected chi connectivity index (χ4v) is 6.03. The van der Waals surface area contributed by atoms with Crippen LogP contribution in [-0.4, -0.2) is 0 Å². The van der Waals surface area contributed by atoms with Gasteiger partial charge in [0.1, 0.15) is 11.6 Å². The van der Waals surface area contributed by atoms with E-state index in [9.17, 15) is 13.2 Å². The Morgan fingerprint density at radius 2 is 1.71 bits per heavy atom. The molecule has 0 heterocycles. The highest BCUT2D eigenvalue weighted by atomic mass is 35.5. The Labute approximate surface area is 170 Å². The molecule has 2 aromatic rings. The van der Waals surface area contributed by atoms with E-state index < -0.39 is 17.5 Å². The molecule has 0 bridgehead atoms. The highest BCUT2D eigenvalue weighted by molar-refractivity contribution is 6.32. The lowest BCUT2D eigenvalue weighted by Crippen LogP contribution is -2.30. The van der Waals surface area contributed by atoms with Crippen molar-refractivity contribution in [3.8, 4) is 0 Å². The van der Waals surface area contributed by atoms with Crippen LogP contribution in [0.4, 0.5) is 13.2 Å². The molecule has 4 rings (SSSR count). The van der Waals surface area contributed by atoms with Crippen molar-refractivity contribution in [1.82, 2.24) is 0 Å². The normalized spacial score (nSPS) is 27.8. The molecule has 0 radical (unpaired) electrons. The number of hydrogen-bond acceptors (Lipinski definition) is 0. The molecule has 0 aliphatic heterocycles. The molecule has 28 heavy (non-hydrogen) atoms. The van der Waals surface area contributed by atoms with Crippen LogP contribution >= 0.6 is 11.6 Å². The minimum absolute atomic E-state index is 0.0121. The number of unbranched alkanes of at least 4 members (excludes halogenated alkanes) is 1. The molecule has 4 heteroatoms. The Morgan fingerprint density at radius 3 is 2.50 bits per heavy atom. The standard InChI is InChI=1S/C24H28ClF3/c1-2-3-4-14-5-6-16-10-17(8-7-15(16)9-14)20-12-18-11-19(26)13-21(27)22(18)24(28)23(20)25/h11-17H,2-10H2,1H3/t14-,15?,16-,17?/m1/s1. The Bertz CT molecular complexity index is 863. The second-order valence-corrected chi connectivity index (χ2v) is 9.31. The molecule has 0 aromatic heterocycles. The molecule has 2 aliphatic rings. The topological polar surface area (TPSA) is 0 Å². The second kappa shape index (κ2) is 8.26. The highest BCUT2D eigenvalue weighted by Crippen LogP contribution is 2.50. The summed E-state index contributed by atoms with van der Waals surface area (Å²) < 4.78 is 42.5. The fourth-order valence-electron chi connectivity index (χ4n) is 5.73. The summed E-state index contributed by atoms with van der Waals surface area (Å²) in [7, 11) is 0. The first-order valence-corrected chi connectivity index (χ1v) is 11.1. The lowest BCUT2D eigenvalue weighted by molar-refractivity contribution is 0.113. The minimum Gasteiger partial charge on any atom is -0.207 e. The lowest BCUT2D eigenvalue weighted by Gasteiger charge is -2.42. The van der Waals surface area contributed by atoms with Gasteiger partial charge in [-0.2, -0.15) is 0 Å². The second-order valence-electron chi connectivity index (χ2n) is 8.93. The number of hydrogen-bond donors (Lipinski definition) is 0. The van der Waals surface area contributed by atoms with Crippen molar-refractivity contribution in [3.05, 3.63) is 46.2 Å². The first kappa shape index (κ1) is 20.1. The van der Waals surface area contributed by atoms with E-state index in [-0.39, 0.29) is 21.7 Å². The zero-order valence-corrected chi connectivity index (χ0v) is 17.2. The largest absolute Gasteiger partial charge is 0.207 e. The zero-order valence-electron chi connectivity index (χ0n) is 16.4. The molecule has 0 spiro atoms. The van der Waals surface area contributed by atoms with Gasteiger partial charge >= 0.3 is 0 Å². The van der Waals surface area contributed by atoms with Gasteiger partial charge in [0.25, 0.3) is 0 Å². The van der Waals surface area contributed by atoms with Gasteiger partial charge in [-0.3, -0.25) is 0 Å². The summed E-state index contributed by atoms with van der Waals surface area (Å²) in [5.41, 5.74) is 0.725. The Morgan fingerprint density at radius 1 is 0.964 bits per heavy atom. The van der Waals surface area contributed by atoms with Crippen LogP contribution in [0.1, 0.15) is 76.2 Å². The summed E-state index contributed by atoms with van der Waals surface area (Å²) in [5.74, 6) is 0.136. The summed E-state index contributed by atoms with van der Waals surface area (Å²) in [6, 6.07) is 3.63. The van der Waals surface area contributed by atoms with Crippen molar-refractivity contribution in [2.75, 3.05) is 0 Å². The zero-order chi connectivity index (χ0) is 19.8. The first-order valence-electron chi connectivity index (χ1n) is 10.7. The highest BCUT2D eigenvalue weighted by Gasteiger charge is 2.36. The number of fused-ring (bicyclic) bond motifs is 2. The van der Waals surface area contributed by atoms with Crippen molar-refractivity contribution in [1.29, 1.82) is 0 Å². The molecule has 152 valence electrons. The molecule has 2 aliphatic carbocycles. The first-order chi connectivity index (χ1) is 13.5. The van der Waals surface area contributed by atoms with E-state index in [1.807, 2.05) is 0 Å². The van der Waals surface area contributed by atoms with E-state index in [0.717, 1.165) is 36.7 Å². The molecule has 2 saturated carbocycles. The van der Waals surface area contributed by atoms with E-state index in [4.69, 9.17) is 11.6 Å². The number of rotatable bonds is 4. The number of halogens is 4. The maximum Gasteiger partial charge on any atom is 0.152 e. The van der Waals surface area contributed by atoms with Crippen LogP contribution in [0.15, 0.2) is 18.2 Å². The summed E-state index contributed by atoms with van der Waals surface area (Å²) in [4.78, 5) is 0. The van der Waals surface area contributed by atoms with E-state index in [2.05, 4.69) is 6.92 Å². The van der Waals surface area contributed by atoms with Crippen LogP contribution in [0.25, 0.3) is 10.8 Å². The molecule has 0 amide bonds. The quantitative estimate of drug-likeness (QED) is 0.476. The van der Waals surface area contributed by atoms with Gasteiger partial charge in [-0.1, -0.05) is 44.2 Å². The average Bonchev–Trinajstić information content (AvgIpc) is 2.68. The van der Waals surface area contributed by atoms with Gasteiger partial charge in [0.2, 0.25) is 0 Å². The maximum atomic E-state index is 14.8. The van der Waals surface area contributed by atoms with Crippen molar-refractivity contribution >= 4 is 22.4 Å². The molecule has 0 N–H and O–H groups in total. The van der Waals surface area contributed by atoms with Crippen molar-refractivity contribution in [3.63, 3.8) is 0 Å². The molecular formula is C24H28ClF3. The Balaban J connectivity index is 1.56. The van der Waals surface area contributed by atoms with E-state index in [1.165, 1.54) is 44.6 Å². The van der Waals surface area contributed by atoms with Crippen LogP contribution in [0.2, 0.25) is 5.02 Å². The van der Waals surface area contributed by atoms with E-state index in [1.54, 1.807) is 6.07 Å². The third kappa shape index (κ3) is 3.79. The molecule has 2 fully saturated rings. The van der Waals surface area contributed by atoms with Crippen molar-refractivity contribution < 1.29 is 13.2 Å². The van der Waals surface area contributed by atoms with Crippen LogP contribution in [0.3, 0.4) is 0 Å². The molecule has 0 nitrogen and oxygen atoms in total. The Hall–Kier alpha value is -1.22. The summed E-state index contributed by atoms with van der Waals surface area (Å²) in [5, 5.41) is 0.0677.